The second-order valence-corrected chi connectivity index (χ2v) is 24.3. The molecule has 0 aliphatic heterocycles. The van der Waals surface area contributed by atoms with E-state index in [0.717, 1.165) is 106 Å². The number of hydrogen-bond donors (Lipinski definition) is 2. The Balaban J connectivity index is 0.675. The third-order valence-electron chi connectivity index (χ3n) is 18.8. The van der Waals surface area contributed by atoms with Crippen molar-refractivity contribution in [3.8, 4) is 11.5 Å². The minimum absolute atomic E-state index is 0.0606. The highest BCUT2D eigenvalue weighted by molar-refractivity contribution is 5.78. The van der Waals surface area contributed by atoms with Crippen molar-refractivity contribution in [2.45, 2.75) is 151 Å². The smallest absolute Gasteiger partial charge is 0.312 e. The van der Waals surface area contributed by atoms with Crippen molar-refractivity contribution in [1.29, 1.82) is 0 Å². The van der Waals surface area contributed by atoms with Gasteiger partial charge >= 0.3 is 11.9 Å². The number of benzene rings is 2. The topological polar surface area (TPSA) is 130 Å². The Morgan fingerprint density at radius 2 is 0.959 bits per heavy atom. The fourth-order valence-corrected chi connectivity index (χ4v) is 14.5. The van der Waals surface area contributed by atoms with Gasteiger partial charge in [0.25, 0.3) is 0 Å². The SMILES string of the molecule is CC(C)C1=CC2=CCC3C(C)(C(=O)OCC(O)COCCOc4ccc(Cc5ccc(OCCOCC(O)COC(=O)C6(C)CCCC7(C)C8CCC(C(C)C)=CC8=CCC67)cc5)cc4)CCCC3(C)C2CC1. The van der Waals surface area contributed by atoms with Crippen LogP contribution in [0.1, 0.15) is 144 Å². The highest BCUT2D eigenvalue weighted by atomic mass is 16.6. The molecule has 400 valence electrons. The number of carbonyl (C=O) groups is 2. The highest BCUT2D eigenvalue weighted by Crippen LogP contribution is 2.64. The van der Waals surface area contributed by atoms with E-state index in [2.05, 4.69) is 79.7 Å². The number of allylic oxidation sites excluding steroid dienone is 8. The van der Waals surface area contributed by atoms with Crippen molar-refractivity contribution >= 4 is 11.9 Å². The van der Waals surface area contributed by atoms with E-state index in [1.807, 2.05) is 48.5 Å². The number of hydrogen-bond acceptors (Lipinski definition) is 10. The van der Waals surface area contributed by atoms with Crippen molar-refractivity contribution in [2.75, 3.05) is 52.9 Å². The molecule has 6 aliphatic rings. The lowest BCUT2D eigenvalue weighted by atomic mass is 9.47. The molecule has 2 fully saturated rings. The molecule has 2 aromatic carbocycles. The zero-order valence-electron chi connectivity index (χ0n) is 45.6. The van der Waals surface area contributed by atoms with Gasteiger partial charge in [-0.05, 0) is 177 Å². The van der Waals surface area contributed by atoms with Crippen molar-refractivity contribution in [2.24, 2.45) is 57.2 Å². The molecule has 10 atom stereocenters. The van der Waals surface area contributed by atoms with Crippen LogP contribution in [0.2, 0.25) is 0 Å². The predicted octanol–water partition coefficient (Wildman–Crippen LogP) is 12.1. The molecule has 10 nitrogen and oxygen atoms in total. The van der Waals surface area contributed by atoms with Crippen LogP contribution in [0, 0.1) is 57.2 Å². The van der Waals surface area contributed by atoms with Crippen molar-refractivity contribution in [1.82, 2.24) is 0 Å². The van der Waals surface area contributed by atoms with Crippen LogP contribution in [0.4, 0.5) is 0 Å². The van der Waals surface area contributed by atoms with Crippen LogP contribution < -0.4 is 9.47 Å². The Morgan fingerprint density at radius 3 is 1.34 bits per heavy atom. The van der Waals surface area contributed by atoms with Crippen molar-refractivity contribution in [3.63, 3.8) is 0 Å². The zero-order chi connectivity index (χ0) is 52.0. The average Bonchev–Trinajstić information content (AvgIpc) is 3.37. The van der Waals surface area contributed by atoms with Gasteiger partial charge in [-0.1, -0.05) is 114 Å². The molecule has 10 heteroatoms. The third kappa shape index (κ3) is 12.4. The summed E-state index contributed by atoms with van der Waals surface area (Å²) >= 11 is 0. The molecular formula is C63H88O10. The van der Waals surface area contributed by atoms with Crippen LogP contribution in [-0.4, -0.2) is 87.2 Å². The molecule has 10 unspecified atom stereocenters. The molecule has 6 aliphatic carbocycles. The van der Waals surface area contributed by atoms with Crippen LogP contribution in [0.5, 0.6) is 11.5 Å². The van der Waals surface area contributed by atoms with E-state index in [4.69, 9.17) is 28.4 Å². The number of aliphatic hydroxyl groups is 2. The number of rotatable bonds is 22. The van der Waals surface area contributed by atoms with Crippen LogP contribution in [-0.2, 0) is 35.0 Å². The van der Waals surface area contributed by atoms with Crippen LogP contribution in [0.25, 0.3) is 0 Å². The maximum atomic E-state index is 13.7. The normalized spacial score (nSPS) is 30.5. The van der Waals surface area contributed by atoms with Gasteiger partial charge in [-0.15, -0.1) is 0 Å². The van der Waals surface area contributed by atoms with Gasteiger partial charge in [0.1, 0.15) is 50.1 Å². The predicted molar refractivity (Wildman–Crippen MR) is 286 cm³/mol. The first-order chi connectivity index (χ1) is 34.9. The number of fused-ring (bicyclic) bond motifs is 6. The standard InChI is InChI=1S/C63H88O10/c1-42(2)46-15-23-54-48(36-46)17-25-56-60(54,5)27-9-29-62(56,7)58(66)72-40-50(64)38-68-31-33-70-52-19-11-44(12-20-52)35-45-13-21-53(22-14-45)71-34-32-69-39-51(65)41-73-59(67)63(8)30-10-28-61(6)55-24-16-47(43(3)4)37-49(55)18-26-57(61)63/h11-14,17-22,36-37,42-43,50-51,54-57,64-65H,9-10,15-16,23-35,38-41H2,1-8H3. The third-order valence-corrected chi connectivity index (χ3v) is 18.8. The number of esters is 2. The van der Waals surface area contributed by atoms with Crippen molar-refractivity contribution < 1.29 is 48.2 Å². The van der Waals surface area contributed by atoms with Crippen molar-refractivity contribution in [3.05, 3.63) is 106 Å². The largest absolute Gasteiger partial charge is 0.491 e. The number of aliphatic hydroxyl groups excluding tert-OH is 2. The summed E-state index contributed by atoms with van der Waals surface area (Å²) in [6.07, 6.45) is 20.9. The molecule has 2 aromatic rings. The first-order valence-electron chi connectivity index (χ1n) is 28.0. The Morgan fingerprint density at radius 1 is 0.562 bits per heavy atom. The summed E-state index contributed by atoms with van der Waals surface area (Å²) in [5, 5.41) is 21.3. The molecule has 2 N–H and O–H groups in total. The fraction of sp³-hybridized carbons (Fsp3) is 0.651. The van der Waals surface area contributed by atoms with E-state index in [9.17, 15) is 19.8 Å². The molecule has 0 aromatic heterocycles. The van der Waals surface area contributed by atoms with Gasteiger partial charge in [-0.3, -0.25) is 9.59 Å². The lowest BCUT2D eigenvalue weighted by Crippen LogP contribution is -2.53. The quantitative estimate of drug-likeness (QED) is 0.0868. The van der Waals surface area contributed by atoms with E-state index in [0.29, 0.717) is 50.1 Å². The van der Waals surface area contributed by atoms with Gasteiger partial charge in [0.15, 0.2) is 0 Å². The summed E-state index contributed by atoms with van der Waals surface area (Å²) in [6, 6.07) is 16.0. The van der Waals surface area contributed by atoms with E-state index < -0.39 is 23.0 Å². The minimum Gasteiger partial charge on any atom is -0.491 e. The maximum Gasteiger partial charge on any atom is 0.312 e. The fourth-order valence-electron chi connectivity index (χ4n) is 14.5. The van der Waals surface area contributed by atoms with Gasteiger partial charge in [-0.25, -0.2) is 0 Å². The molecule has 2 saturated carbocycles. The minimum atomic E-state index is -0.910. The van der Waals surface area contributed by atoms with Gasteiger partial charge in [0.2, 0.25) is 0 Å². The first-order valence-corrected chi connectivity index (χ1v) is 28.0. The van der Waals surface area contributed by atoms with E-state index in [1.54, 1.807) is 11.1 Å². The van der Waals surface area contributed by atoms with Gasteiger partial charge in [0.05, 0.1) is 37.3 Å². The Labute approximate surface area is 437 Å². The lowest BCUT2D eigenvalue weighted by molar-refractivity contribution is -0.173. The summed E-state index contributed by atoms with van der Waals surface area (Å²) in [4.78, 5) is 27.5. The van der Waals surface area contributed by atoms with Gasteiger partial charge in [0, 0.05) is 0 Å². The van der Waals surface area contributed by atoms with E-state index >= 15 is 0 Å². The highest BCUT2D eigenvalue weighted by Gasteiger charge is 2.59. The second kappa shape index (κ2) is 23.8. The number of ether oxygens (including phenoxy) is 6. The van der Waals surface area contributed by atoms with E-state index in [-0.39, 0.29) is 61.0 Å². The Bertz CT molecular complexity index is 2160. The second-order valence-electron chi connectivity index (χ2n) is 24.3. The molecule has 8 rings (SSSR count). The first kappa shape index (κ1) is 55.0. The van der Waals surface area contributed by atoms with Crippen LogP contribution in [0.3, 0.4) is 0 Å². The van der Waals surface area contributed by atoms with E-state index in [1.165, 1.54) is 11.1 Å². The Kier molecular flexibility index (Phi) is 17.9. The Hall–Kier alpha value is -4.22. The van der Waals surface area contributed by atoms with Gasteiger partial charge < -0.3 is 38.6 Å². The molecule has 0 heterocycles. The summed E-state index contributed by atoms with van der Waals surface area (Å²) in [5.41, 5.74) is 7.30. The zero-order valence-corrected chi connectivity index (χ0v) is 45.6. The summed E-state index contributed by atoms with van der Waals surface area (Å²) in [6.45, 7) is 19.3. The molecule has 0 saturated heterocycles. The monoisotopic (exact) mass is 1000 g/mol. The maximum absolute atomic E-state index is 13.7. The summed E-state index contributed by atoms with van der Waals surface area (Å²) < 4.78 is 34.9. The lowest BCUT2D eigenvalue weighted by Gasteiger charge is -2.57. The molecule has 73 heavy (non-hydrogen) atoms. The molecule has 0 spiro atoms. The molecule has 0 radical (unpaired) electrons. The number of carbonyl (C=O) groups excluding carboxylic acids is 2. The van der Waals surface area contributed by atoms with Crippen LogP contribution in [0.15, 0.2) is 95.1 Å². The summed E-state index contributed by atoms with van der Waals surface area (Å²) in [7, 11) is 0. The van der Waals surface area contributed by atoms with Gasteiger partial charge in [-0.2, -0.15) is 0 Å². The summed E-state index contributed by atoms with van der Waals surface area (Å²) in [5.74, 6) is 3.62. The molecule has 0 bridgehead atoms. The molecular weight excluding hydrogens is 917 g/mol. The van der Waals surface area contributed by atoms with Crippen LogP contribution >= 0.6 is 0 Å². The average molecular weight is 1010 g/mol. The molecule has 0 amide bonds.